The molecule has 5 nitrogen and oxygen atoms in total. The number of rotatable bonds is 3. The maximum absolute atomic E-state index is 12.4. The molecule has 2 aromatic heterocycles. The Morgan fingerprint density at radius 3 is 2.55 bits per heavy atom. The van der Waals surface area contributed by atoms with E-state index in [2.05, 4.69) is 19.9 Å². The minimum absolute atomic E-state index is 0.0892. The molecule has 0 spiro atoms. The Bertz CT molecular complexity index is 830. The van der Waals surface area contributed by atoms with Crippen LogP contribution in [-0.4, -0.2) is 19.5 Å². The normalized spacial score (nSPS) is 13.4. The first-order valence-electron chi connectivity index (χ1n) is 6.06. The van der Waals surface area contributed by atoms with Gasteiger partial charge < -0.3 is 0 Å². The van der Waals surface area contributed by atoms with Crippen LogP contribution in [0.5, 0.6) is 0 Å². The van der Waals surface area contributed by atoms with Crippen LogP contribution in [0.3, 0.4) is 0 Å². The van der Waals surface area contributed by atoms with Crippen LogP contribution in [0, 0.1) is 0 Å². The van der Waals surface area contributed by atoms with Crippen LogP contribution < -0.4 is 0 Å². The monoisotopic (exact) mass is 327 g/mol. The number of fused-ring (bicyclic) bond motifs is 1. The summed E-state index contributed by atoms with van der Waals surface area (Å²) in [4.78, 5) is 3.63. The second kappa shape index (κ2) is 5.48. The highest BCUT2D eigenvalue weighted by Crippen LogP contribution is 2.28. The van der Waals surface area contributed by atoms with E-state index in [4.69, 9.17) is 0 Å². The Morgan fingerprint density at radius 1 is 1.09 bits per heavy atom. The quantitative estimate of drug-likeness (QED) is 0.740. The average Bonchev–Trinajstić information content (AvgIpc) is 2.94. The summed E-state index contributed by atoms with van der Waals surface area (Å²) in [7, 11) is -1.56. The zero-order valence-electron chi connectivity index (χ0n) is 10.9. The van der Waals surface area contributed by atoms with E-state index in [-0.39, 0.29) is 10.8 Å². The van der Waals surface area contributed by atoms with E-state index in [9.17, 15) is 17.4 Å². The van der Waals surface area contributed by atoms with E-state index in [0.717, 1.165) is 12.1 Å². The van der Waals surface area contributed by atoms with Crippen molar-refractivity contribution in [3.05, 3.63) is 47.7 Å². The van der Waals surface area contributed by atoms with Crippen molar-refractivity contribution in [2.24, 2.45) is 0 Å². The molecule has 0 saturated carbocycles. The summed E-state index contributed by atoms with van der Waals surface area (Å²) < 4.78 is 54.1. The first-order chi connectivity index (χ1) is 10.4. The molecule has 114 valence electrons. The largest absolute Gasteiger partial charge is 0.417 e. The smallest absolute Gasteiger partial charge is 0.252 e. The molecule has 22 heavy (non-hydrogen) atoms. The van der Waals surface area contributed by atoms with E-state index in [0.29, 0.717) is 22.8 Å². The molecular weight excluding hydrogens is 319 g/mol. The lowest BCUT2D eigenvalue weighted by Gasteiger charge is -2.07. The predicted octanol–water partition coefficient (Wildman–Crippen LogP) is 2.94. The van der Waals surface area contributed by atoms with Gasteiger partial charge in [0.25, 0.3) is 0 Å². The minimum atomic E-state index is -4.46. The molecule has 0 bridgehead atoms. The topological polar surface area (TPSA) is 68.9 Å². The molecule has 0 aliphatic carbocycles. The van der Waals surface area contributed by atoms with Crippen LogP contribution in [-0.2, 0) is 22.7 Å². The van der Waals surface area contributed by atoms with Gasteiger partial charge in [0.15, 0.2) is 0 Å². The Hall–Kier alpha value is -2.29. The lowest BCUT2D eigenvalue weighted by Crippen LogP contribution is -2.07. The summed E-state index contributed by atoms with van der Waals surface area (Å²) in [6, 6.07) is 7.01. The first-order valence-corrected chi connectivity index (χ1v) is 7.38. The third kappa shape index (κ3) is 2.98. The second-order valence-electron chi connectivity index (χ2n) is 4.46. The van der Waals surface area contributed by atoms with Crippen molar-refractivity contribution in [1.29, 1.82) is 0 Å². The minimum Gasteiger partial charge on any atom is -0.252 e. The average molecular weight is 327 g/mol. The molecule has 2 heterocycles. The van der Waals surface area contributed by atoms with E-state index < -0.39 is 22.5 Å². The molecule has 1 aromatic carbocycles. The molecule has 1 unspecified atom stereocenters. The summed E-state index contributed by atoms with van der Waals surface area (Å²) in [5.74, 6) is 0.112. The molecular formula is C13H8F3N3O2S. The molecule has 0 N–H and O–H groups in total. The van der Waals surface area contributed by atoms with E-state index in [1.807, 2.05) is 0 Å². The van der Waals surface area contributed by atoms with Gasteiger partial charge in [0.05, 0.1) is 22.1 Å². The third-order valence-electron chi connectivity index (χ3n) is 2.91. The molecule has 1 atom stereocenters. The van der Waals surface area contributed by atoms with Gasteiger partial charge in [-0.05, 0) is 40.1 Å². The van der Waals surface area contributed by atoms with Crippen molar-refractivity contribution in [3.8, 4) is 0 Å². The van der Waals surface area contributed by atoms with Crippen LogP contribution in [0.4, 0.5) is 13.2 Å². The molecule has 3 rings (SSSR count). The lowest BCUT2D eigenvalue weighted by molar-refractivity contribution is -0.137. The Morgan fingerprint density at radius 2 is 1.86 bits per heavy atom. The van der Waals surface area contributed by atoms with E-state index >= 15 is 0 Å². The fourth-order valence-corrected chi connectivity index (χ4v) is 2.85. The van der Waals surface area contributed by atoms with Gasteiger partial charge in [-0.1, -0.05) is 6.07 Å². The molecule has 0 aliphatic rings. The summed E-state index contributed by atoms with van der Waals surface area (Å²) in [5, 5.41) is 7.41. The number of hydrogen-bond acceptors (Lipinski definition) is 5. The van der Waals surface area contributed by atoms with Crippen molar-refractivity contribution < 1.29 is 22.0 Å². The van der Waals surface area contributed by atoms with E-state index in [1.165, 1.54) is 0 Å². The van der Waals surface area contributed by atoms with Crippen molar-refractivity contribution in [1.82, 2.24) is 15.3 Å². The van der Waals surface area contributed by atoms with Crippen LogP contribution in [0.25, 0.3) is 11.0 Å². The van der Waals surface area contributed by atoms with Gasteiger partial charge in [0.1, 0.15) is 16.1 Å². The highest BCUT2D eigenvalue weighted by Gasteiger charge is 2.30. The zero-order chi connectivity index (χ0) is 15.7. The Kier molecular flexibility index (Phi) is 3.65. The maximum atomic E-state index is 12.4. The summed E-state index contributed by atoms with van der Waals surface area (Å²) in [5.41, 5.74) is 0.920. The van der Waals surface area contributed by atoms with Crippen LogP contribution >= 0.6 is 0 Å². The lowest BCUT2D eigenvalue weighted by atomic mass is 10.2. The molecule has 0 amide bonds. The van der Waals surface area contributed by atoms with Gasteiger partial charge >= 0.3 is 6.18 Å². The molecule has 0 radical (unpaired) electrons. The maximum Gasteiger partial charge on any atom is 0.417 e. The number of aromatic nitrogens is 3. The summed E-state index contributed by atoms with van der Waals surface area (Å²) >= 11 is 0. The SMILES string of the molecule is O=S(Cc1ccc2nonc2c1)c1ccc(C(F)(F)F)cn1. The summed E-state index contributed by atoms with van der Waals surface area (Å²) in [6.07, 6.45) is -3.78. The molecule has 0 fully saturated rings. The Balaban J connectivity index is 1.78. The number of hydrogen-bond donors (Lipinski definition) is 0. The zero-order valence-corrected chi connectivity index (χ0v) is 11.7. The fraction of sp³-hybridized carbons (Fsp3) is 0.154. The summed E-state index contributed by atoms with van der Waals surface area (Å²) in [6.45, 7) is 0. The third-order valence-corrected chi connectivity index (χ3v) is 4.22. The highest BCUT2D eigenvalue weighted by atomic mass is 32.2. The van der Waals surface area contributed by atoms with Gasteiger partial charge in [-0.15, -0.1) is 0 Å². The van der Waals surface area contributed by atoms with Crippen LogP contribution in [0.2, 0.25) is 0 Å². The second-order valence-corrected chi connectivity index (χ2v) is 5.86. The van der Waals surface area contributed by atoms with E-state index in [1.54, 1.807) is 18.2 Å². The van der Waals surface area contributed by atoms with Gasteiger partial charge in [-0.25, -0.2) is 9.61 Å². The number of alkyl halides is 3. The fourth-order valence-electron chi connectivity index (χ4n) is 1.83. The molecule has 0 aliphatic heterocycles. The highest BCUT2D eigenvalue weighted by molar-refractivity contribution is 7.84. The van der Waals surface area contributed by atoms with Crippen LogP contribution in [0.15, 0.2) is 46.2 Å². The van der Waals surface area contributed by atoms with Crippen molar-refractivity contribution in [3.63, 3.8) is 0 Å². The molecule has 9 heteroatoms. The van der Waals surface area contributed by atoms with Crippen LogP contribution in [0.1, 0.15) is 11.1 Å². The van der Waals surface area contributed by atoms with Gasteiger partial charge in [0, 0.05) is 6.20 Å². The van der Waals surface area contributed by atoms with Crippen molar-refractivity contribution >= 4 is 21.8 Å². The van der Waals surface area contributed by atoms with Gasteiger partial charge in [-0.2, -0.15) is 13.2 Å². The van der Waals surface area contributed by atoms with Gasteiger partial charge in [-0.3, -0.25) is 4.21 Å². The number of pyridine rings is 1. The Labute approximate surface area is 124 Å². The molecule has 3 aromatic rings. The van der Waals surface area contributed by atoms with Crippen molar-refractivity contribution in [2.45, 2.75) is 17.0 Å². The number of halogens is 3. The first kappa shape index (κ1) is 14.6. The van der Waals surface area contributed by atoms with Crippen molar-refractivity contribution in [2.75, 3.05) is 0 Å². The van der Waals surface area contributed by atoms with Gasteiger partial charge in [0.2, 0.25) is 0 Å². The predicted molar refractivity (Wildman–Crippen MR) is 71.2 cm³/mol. The standard InChI is InChI=1S/C13H8F3N3O2S/c14-13(15,16)9-2-4-12(17-6-9)22(20)7-8-1-3-10-11(5-8)19-21-18-10/h1-6H,7H2. The number of benzene rings is 1. The molecule has 0 saturated heterocycles. The number of nitrogens with zero attached hydrogens (tertiary/aromatic N) is 3.